The highest BCUT2D eigenvalue weighted by Crippen LogP contribution is 2.14. The van der Waals surface area contributed by atoms with E-state index < -0.39 is 0 Å². The molecule has 0 heterocycles. The van der Waals surface area contributed by atoms with E-state index in [-0.39, 0.29) is 11.5 Å². The molecule has 2 heteroatoms. The minimum absolute atomic E-state index is 0.150. The third kappa shape index (κ3) is 3.88. The van der Waals surface area contributed by atoms with E-state index in [1.807, 2.05) is 18.2 Å². The maximum atomic E-state index is 12.2. The van der Waals surface area contributed by atoms with Gasteiger partial charge in [-0.3, -0.25) is 4.79 Å². The van der Waals surface area contributed by atoms with E-state index in [1.54, 1.807) is 12.1 Å². The molecule has 0 aliphatic carbocycles. The molecule has 21 heavy (non-hydrogen) atoms. The predicted molar refractivity (Wildman–Crippen MR) is 87.4 cm³/mol. The Morgan fingerprint density at radius 2 is 1.43 bits per heavy atom. The van der Waals surface area contributed by atoms with E-state index in [0.29, 0.717) is 12.0 Å². The van der Waals surface area contributed by atoms with Crippen LogP contribution in [0.3, 0.4) is 0 Å². The quantitative estimate of drug-likeness (QED) is 0.623. The molecule has 0 unspecified atom stereocenters. The van der Waals surface area contributed by atoms with Crippen molar-refractivity contribution in [3.63, 3.8) is 0 Å². The molecule has 0 fully saturated rings. The van der Waals surface area contributed by atoms with Crippen LogP contribution < -0.4 is 0 Å². The molecule has 0 aliphatic heterocycles. The van der Waals surface area contributed by atoms with Crippen LogP contribution in [0, 0.1) is 5.41 Å². The summed E-state index contributed by atoms with van der Waals surface area (Å²) < 4.78 is 0. The Hall–Kier alpha value is -2.22. The second-order valence-electron chi connectivity index (χ2n) is 5.22. The molecule has 2 aromatic carbocycles. The van der Waals surface area contributed by atoms with Gasteiger partial charge in [0.25, 0.3) is 0 Å². The Balaban J connectivity index is 2.18. The highest BCUT2D eigenvalue weighted by molar-refractivity contribution is 6.45. The Morgan fingerprint density at radius 3 is 1.95 bits per heavy atom. The fourth-order valence-electron chi connectivity index (χ4n) is 2.40. The Kier molecular flexibility index (Phi) is 5.04. The minimum atomic E-state index is -0.185. The number of nitrogens with one attached hydrogen (secondary N) is 1. The number of benzene rings is 2. The number of hydrogen-bond acceptors (Lipinski definition) is 2. The molecule has 0 saturated carbocycles. The first-order valence-electron chi connectivity index (χ1n) is 7.43. The SMILES string of the molecule is CCc1cc(CC)cc(CC(=N)C(=O)c2ccccc2)c1. The standard InChI is InChI=1S/C19H21NO/c1-3-14-10-15(4-2)12-16(11-14)13-18(20)19(21)17-8-6-5-7-9-17/h5-12,20H,3-4,13H2,1-2H3. The van der Waals surface area contributed by atoms with Crippen LogP contribution in [-0.2, 0) is 19.3 Å². The van der Waals surface area contributed by atoms with Gasteiger partial charge in [0.1, 0.15) is 0 Å². The third-order valence-corrected chi connectivity index (χ3v) is 3.62. The summed E-state index contributed by atoms with van der Waals surface area (Å²) in [6.07, 6.45) is 2.34. The van der Waals surface area contributed by atoms with Gasteiger partial charge in [0.05, 0.1) is 5.71 Å². The van der Waals surface area contributed by atoms with Crippen LogP contribution in [0.5, 0.6) is 0 Å². The number of aryl methyl sites for hydroxylation is 2. The van der Waals surface area contributed by atoms with Gasteiger partial charge in [-0.05, 0) is 29.5 Å². The summed E-state index contributed by atoms with van der Waals surface area (Å²) in [5, 5.41) is 8.08. The van der Waals surface area contributed by atoms with Crippen molar-refractivity contribution in [2.24, 2.45) is 0 Å². The van der Waals surface area contributed by atoms with Crippen LogP contribution >= 0.6 is 0 Å². The molecular formula is C19H21NO. The van der Waals surface area contributed by atoms with Gasteiger partial charge in [0.2, 0.25) is 5.78 Å². The largest absolute Gasteiger partial charge is 0.301 e. The third-order valence-electron chi connectivity index (χ3n) is 3.62. The van der Waals surface area contributed by atoms with Crippen molar-refractivity contribution >= 4 is 11.5 Å². The van der Waals surface area contributed by atoms with E-state index in [0.717, 1.165) is 18.4 Å². The molecule has 2 aromatic rings. The topological polar surface area (TPSA) is 40.9 Å². The van der Waals surface area contributed by atoms with Gasteiger partial charge in [-0.25, -0.2) is 0 Å². The van der Waals surface area contributed by atoms with E-state index in [1.165, 1.54) is 11.1 Å². The number of hydrogen-bond donors (Lipinski definition) is 1. The van der Waals surface area contributed by atoms with Gasteiger partial charge in [0, 0.05) is 12.0 Å². The highest BCUT2D eigenvalue weighted by atomic mass is 16.1. The van der Waals surface area contributed by atoms with Crippen LogP contribution in [0.2, 0.25) is 0 Å². The molecule has 0 aliphatic rings. The summed E-state index contributed by atoms with van der Waals surface area (Å²) in [5.41, 5.74) is 4.33. The maximum Gasteiger partial charge on any atom is 0.206 e. The number of ketones is 1. The lowest BCUT2D eigenvalue weighted by Gasteiger charge is -2.08. The molecule has 0 saturated heterocycles. The molecule has 0 aromatic heterocycles. The average molecular weight is 279 g/mol. The fourth-order valence-corrected chi connectivity index (χ4v) is 2.40. The molecular weight excluding hydrogens is 258 g/mol. The van der Waals surface area contributed by atoms with Crippen molar-refractivity contribution in [1.29, 1.82) is 5.41 Å². The Labute approximate surface area is 126 Å². The summed E-state index contributed by atoms with van der Waals surface area (Å²) in [4.78, 5) is 12.2. The summed E-state index contributed by atoms with van der Waals surface area (Å²) >= 11 is 0. The zero-order chi connectivity index (χ0) is 15.2. The maximum absolute atomic E-state index is 12.2. The summed E-state index contributed by atoms with van der Waals surface area (Å²) in [6.45, 7) is 4.25. The van der Waals surface area contributed by atoms with Gasteiger partial charge in [-0.2, -0.15) is 0 Å². The first kappa shape index (κ1) is 15.2. The van der Waals surface area contributed by atoms with Crippen LogP contribution in [0.15, 0.2) is 48.5 Å². The van der Waals surface area contributed by atoms with Gasteiger partial charge in [0.15, 0.2) is 0 Å². The zero-order valence-corrected chi connectivity index (χ0v) is 12.6. The second kappa shape index (κ2) is 6.98. The van der Waals surface area contributed by atoms with E-state index in [2.05, 4.69) is 32.0 Å². The average Bonchev–Trinajstić information content (AvgIpc) is 2.54. The van der Waals surface area contributed by atoms with Crippen LogP contribution in [0.4, 0.5) is 0 Å². The van der Waals surface area contributed by atoms with E-state index >= 15 is 0 Å². The zero-order valence-electron chi connectivity index (χ0n) is 12.6. The molecule has 1 N–H and O–H groups in total. The van der Waals surface area contributed by atoms with Gasteiger partial charge >= 0.3 is 0 Å². The number of carbonyl (C=O) groups is 1. The molecule has 0 bridgehead atoms. The summed E-state index contributed by atoms with van der Waals surface area (Å²) in [7, 11) is 0. The molecule has 0 spiro atoms. The van der Waals surface area contributed by atoms with Crippen molar-refractivity contribution < 1.29 is 4.79 Å². The van der Waals surface area contributed by atoms with E-state index in [9.17, 15) is 4.79 Å². The second-order valence-corrected chi connectivity index (χ2v) is 5.22. The van der Waals surface area contributed by atoms with Gasteiger partial charge in [-0.15, -0.1) is 0 Å². The smallest absolute Gasteiger partial charge is 0.206 e. The van der Waals surface area contributed by atoms with Crippen LogP contribution in [0.1, 0.15) is 40.9 Å². The molecule has 0 amide bonds. The van der Waals surface area contributed by atoms with Crippen molar-refractivity contribution in [1.82, 2.24) is 0 Å². The predicted octanol–water partition coefficient (Wildman–Crippen LogP) is 4.26. The first-order chi connectivity index (χ1) is 10.1. The lowest BCUT2D eigenvalue weighted by atomic mass is 9.96. The minimum Gasteiger partial charge on any atom is -0.301 e. The normalized spacial score (nSPS) is 10.4. The molecule has 108 valence electrons. The molecule has 0 atom stereocenters. The number of Topliss-reactive ketones (excluding diaryl/α,β-unsaturated/α-hetero) is 1. The Bertz CT molecular complexity index is 622. The summed E-state index contributed by atoms with van der Waals surface area (Å²) in [6, 6.07) is 15.5. The molecule has 2 nitrogen and oxygen atoms in total. The van der Waals surface area contributed by atoms with Crippen molar-refractivity contribution in [3.8, 4) is 0 Å². The first-order valence-corrected chi connectivity index (χ1v) is 7.43. The number of carbonyl (C=O) groups excluding carboxylic acids is 1. The monoisotopic (exact) mass is 279 g/mol. The summed E-state index contributed by atoms with van der Waals surface area (Å²) in [5.74, 6) is -0.185. The van der Waals surface area contributed by atoms with Crippen molar-refractivity contribution in [3.05, 3.63) is 70.8 Å². The van der Waals surface area contributed by atoms with Crippen molar-refractivity contribution in [2.75, 3.05) is 0 Å². The fraction of sp³-hybridized carbons (Fsp3) is 0.263. The van der Waals surface area contributed by atoms with Crippen LogP contribution in [-0.4, -0.2) is 11.5 Å². The van der Waals surface area contributed by atoms with Gasteiger partial charge < -0.3 is 5.41 Å². The highest BCUT2D eigenvalue weighted by Gasteiger charge is 2.13. The lowest BCUT2D eigenvalue weighted by molar-refractivity contribution is 0.106. The van der Waals surface area contributed by atoms with Crippen molar-refractivity contribution in [2.45, 2.75) is 33.1 Å². The molecule has 2 rings (SSSR count). The van der Waals surface area contributed by atoms with E-state index in [4.69, 9.17) is 5.41 Å². The molecule has 0 radical (unpaired) electrons. The Morgan fingerprint density at radius 1 is 0.905 bits per heavy atom. The van der Waals surface area contributed by atoms with Crippen LogP contribution in [0.25, 0.3) is 0 Å². The lowest BCUT2D eigenvalue weighted by Crippen LogP contribution is -2.16. The van der Waals surface area contributed by atoms with Gasteiger partial charge in [-0.1, -0.05) is 62.4 Å². The number of rotatable bonds is 6.